The maximum atomic E-state index is 12.0. The number of rotatable bonds is 4. The van der Waals surface area contributed by atoms with Gasteiger partial charge in [0, 0.05) is 13.1 Å². The van der Waals surface area contributed by atoms with Crippen LogP contribution in [0.1, 0.15) is 5.56 Å². The molecule has 1 saturated heterocycles. The number of carbonyl (C=O) groups excluding carboxylic acids is 1. The van der Waals surface area contributed by atoms with Gasteiger partial charge in [0.15, 0.2) is 21.3 Å². The van der Waals surface area contributed by atoms with Crippen LogP contribution in [0.4, 0.5) is 0 Å². The molecule has 1 aromatic carbocycles. The first-order valence-corrected chi connectivity index (χ1v) is 9.24. The molecule has 2 aliphatic heterocycles. The molecule has 1 atom stereocenters. The molecule has 132 valence electrons. The van der Waals surface area contributed by atoms with Crippen LogP contribution in [0.3, 0.4) is 0 Å². The molecule has 0 aromatic heterocycles. The Morgan fingerprint density at radius 2 is 2.12 bits per heavy atom. The van der Waals surface area contributed by atoms with E-state index in [0.717, 1.165) is 5.56 Å². The molecule has 0 aliphatic carbocycles. The molecule has 0 radical (unpaired) electrons. The molecule has 2 aliphatic rings. The van der Waals surface area contributed by atoms with E-state index >= 15 is 0 Å². The van der Waals surface area contributed by atoms with E-state index in [1.54, 1.807) is 11.0 Å². The van der Waals surface area contributed by atoms with E-state index in [-0.39, 0.29) is 24.8 Å². The Hall–Kier alpha value is -2.00. The highest BCUT2D eigenvalue weighted by Crippen LogP contribution is 2.42. The van der Waals surface area contributed by atoms with Gasteiger partial charge in [-0.25, -0.2) is 8.42 Å². The topological polar surface area (TPSA) is 91.4 Å². The molecular formula is C15H19NO7S. The summed E-state index contributed by atoms with van der Waals surface area (Å²) in [5.74, 6) is 0.893. The van der Waals surface area contributed by atoms with Crippen LogP contribution in [-0.4, -0.2) is 64.4 Å². The minimum absolute atomic E-state index is 0.0161. The Bertz CT molecular complexity index is 746. The van der Waals surface area contributed by atoms with Crippen LogP contribution in [0, 0.1) is 0 Å². The summed E-state index contributed by atoms with van der Waals surface area (Å²) >= 11 is 0. The largest absolute Gasteiger partial charge is 0.493 e. The lowest BCUT2D eigenvalue weighted by Gasteiger charge is -2.33. The van der Waals surface area contributed by atoms with Crippen molar-refractivity contribution in [2.45, 2.75) is 12.6 Å². The van der Waals surface area contributed by atoms with Gasteiger partial charge in [-0.05, 0) is 17.7 Å². The molecule has 24 heavy (non-hydrogen) atoms. The van der Waals surface area contributed by atoms with Crippen molar-refractivity contribution in [2.75, 3.05) is 39.1 Å². The van der Waals surface area contributed by atoms with Crippen molar-refractivity contribution < 1.29 is 32.2 Å². The minimum atomic E-state index is -3.25. The molecule has 3 rings (SSSR count). The Morgan fingerprint density at radius 3 is 2.83 bits per heavy atom. The molecule has 9 heteroatoms. The summed E-state index contributed by atoms with van der Waals surface area (Å²) in [4.78, 5) is 13.8. The van der Waals surface area contributed by atoms with Gasteiger partial charge in [0.05, 0.1) is 25.7 Å². The van der Waals surface area contributed by atoms with Gasteiger partial charge in [-0.2, -0.15) is 0 Å². The number of hydrogen-bond donors (Lipinski definition) is 0. The molecule has 8 nitrogen and oxygen atoms in total. The van der Waals surface area contributed by atoms with Crippen molar-refractivity contribution >= 4 is 15.8 Å². The van der Waals surface area contributed by atoms with Crippen LogP contribution in [0.2, 0.25) is 0 Å². The summed E-state index contributed by atoms with van der Waals surface area (Å²) in [7, 11) is -0.458. The lowest BCUT2D eigenvalue weighted by Crippen LogP contribution is -2.52. The SMILES string of the molecule is COC(=O)[C@@H]1CS(=O)(=O)CCN1Cc1cc(OC)c2c(c1)OCO2. The van der Waals surface area contributed by atoms with Gasteiger partial charge < -0.3 is 18.9 Å². The Kier molecular flexibility index (Phi) is 4.55. The van der Waals surface area contributed by atoms with Gasteiger partial charge >= 0.3 is 5.97 Å². The summed E-state index contributed by atoms with van der Waals surface area (Å²) in [5, 5.41) is 0. The van der Waals surface area contributed by atoms with E-state index < -0.39 is 21.8 Å². The Morgan fingerprint density at radius 1 is 1.33 bits per heavy atom. The average Bonchev–Trinajstić information content (AvgIpc) is 3.03. The van der Waals surface area contributed by atoms with Crippen LogP contribution < -0.4 is 14.2 Å². The van der Waals surface area contributed by atoms with E-state index in [9.17, 15) is 13.2 Å². The maximum Gasteiger partial charge on any atom is 0.324 e. The number of ether oxygens (including phenoxy) is 4. The van der Waals surface area contributed by atoms with Gasteiger partial charge in [0.1, 0.15) is 6.04 Å². The molecule has 2 heterocycles. The van der Waals surface area contributed by atoms with Gasteiger partial charge in [0.25, 0.3) is 0 Å². The van der Waals surface area contributed by atoms with Crippen molar-refractivity contribution in [2.24, 2.45) is 0 Å². The zero-order chi connectivity index (χ0) is 17.3. The normalized spacial score (nSPS) is 22.2. The van der Waals surface area contributed by atoms with Crippen molar-refractivity contribution in [3.63, 3.8) is 0 Å². The first kappa shape index (κ1) is 16.8. The lowest BCUT2D eigenvalue weighted by molar-refractivity contribution is -0.146. The van der Waals surface area contributed by atoms with Crippen molar-refractivity contribution in [3.05, 3.63) is 17.7 Å². The first-order chi connectivity index (χ1) is 11.4. The summed E-state index contributed by atoms with van der Waals surface area (Å²) in [6.45, 7) is 0.767. The summed E-state index contributed by atoms with van der Waals surface area (Å²) in [6, 6.07) is 2.79. The zero-order valence-electron chi connectivity index (χ0n) is 13.5. The summed E-state index contributed by atoms with van der Waals surface area (Å²) in [5.41, 5.74) is 0.837. The summed E-state index contributed by atoms with van der Waals surface area (Å²) in [6.07, 6.45) is 0. The van der Waals surface area contributed by atoms with Crippen molar-refractivity contribution in [1.82, 2.24) is 4.90 Å². The predicted octanol–water partition coefficient (Wildman–Crippen LogP) is 0.196. The summed E-state index contributed by atoms with van der Waals surface area (Å²) < 4.78 is 44.5. The molecule has 0 amide bonds. The quantitative estimate of drug-likeness (QED) is 0.706. The predicted molar refractivity (Wildman–Crippen MR) is 84.0 cm³/mol. The molecule has 0 saturated carbocycles. The van der Waals surface area contributed by atoms with E-state index in [1.165, 1.54) is 14.2 Å². The molecule has 0 bridgehead atoms. The van der Waals surface area contributed by atoms with Crippen LogP contribution >= 0.6 is 0 Å². The standard InChI is InChI=1S/C15H19NO7S/c1-20-12-5-10(6-13-14(12)23-9-22-13)7-16-3-4-24(18,19)8-11(16)15(17)21-2/h5-6,11H,3-4,7-9H2,1-2H3/t11-/m0/s1. The number of hydrogen-bond acceptors (Lipinski definition) is 8. The first-order valence-electron chi connectivity index (χ1n) is 7.42. The third kappa shape index (κ3) is 3.27. The highest BCUT2D eigenvalue weighted by atomic mass is 32.2. The number of fused-ring (bicyclic) bond motifs is 1. The third-order valence-corrected chi connectivity index (χ3v) is 5.75. The number of carbonyl (C=O) groups is 1. The van der Waals surface area contributed by atoms with Crippen molar-refractivity contribution in [1.29, 1.82) is 0 Å². The van der Waals surface area contributed by atoms with E-state index in [1.807, 2.05) is 6.07 Å². The van der Waals surface area contributed by atoms with Crippen molar-refractivity contribution in [3.8, 4) is 17.2 Å². The number of nitrogens with zero attached hydrogens (tertiary/aromatic N) is 1. The molecule has 1 aromatic rings. The smallest absolute Gasteiger partial charge is 0.324 e. The van der Waals surface area contributed by atoms with Crippen LogP contribution in [-0.2, 0) is 25.9 Å². The van der Waals surface area contributed by atoms with Gasteiger partial charge in [-0.15, -0.1) is 0 Å². The Balaban J connectivity index is 1.85. The number of methoxy groups -OCH3 is 2. The highest BCUT2D eigenvalue weighted by molar-refractivity contribution is 7.91. The lowest BCUT2D eigenvalue weighted by atomic mass is 10.1. The molecule has 0 N–H and O–H groups in total. The van der Waals surface area contributed by atoms with E-state index in [4.69, 9.17) is 18.9 Å². The second-order valence-corrected chi connectivity index (χ2v) is 7.88. The van der Waals surface area contributed by atoms with Gasteiger partial charge in [-0.1, -0.05) is 0 Å². The second kappa shape index (κ2) is 6.48. The number of esters is 1. The molecule has 0 spiro atoms. The molecule has 0 unspecified atom stereocenters. The van der Waals surface area contributed by atoms with Crippen LogP contribution in [0.15, 0.2) is 12.1 Å². The highest BCUT2D eigenvalue weighted by Gasteiger charge is 2.37. The van der Waals surface area contributed by atoms with Crippen LogP contribution in [0.5, 0.6) is 17.2 Å². The van der Waals surface area contributed by atoms with Gasteiger partial charge in [0.2, 0.25) is 12.5 Å². The maximum absolute atomic E-state index is 12.0. The fraction of sp³-hybridized carbons (Fsp3) is 0.533. The molecular weight excluding hydrogens is 338 g/mol. The monoisotopic (exact) mass is 357 g/mol. The zero-order valence-corrected chi connectivity index (χ0v) is 14.3. The molecule has 1 fully saturated rings. The number of sulfone groups is 1. The number of benzene rings is 1. The van der Waals surface area contributed by atoms with E-state index in [2.05, 4.69) is 0 Å². The second-order valence-electron chi connectivity index (χ2n) is 5.66. The fourth-order valence-corrected chi connectivity index (χ4v) is 4.40. The minimum Gasteiger partial charge on any atom is -0.493 e. The van der Waals surface area contributed by atoms with E-state index in [0.29, 0.717) is 23.8 Å². The third-order valence-electron chi connectivity index (χ3n) is 4.12. The average molecular weight is 357 g/mol. The fourth-order valence-electron chi connectivity index (χ4n) is 2.89. The van der Waals surface area contributed by atoms with Crippen LogP contribution in [0.25, 0.3) is 0 Å². The Labute approximate surface area is 140 Å². The van der Waals surface area contributed by atoms with Gasteiger partial charge in [-0.3, -0.25) is 9.69 Å².